The average molecular weight is 472 g/mol. The number of amides is 1. The third-order valence-corrected chi connectivity index (χ3v) is 6.16. The summed E-state index contributed by atoms with van der Waals surface area (Å²) in [5.74, 6) is 2.37. The van der Waals surface area contributed by atoms with Crippen LogP contribution in [0.4, 0.5) is 0 Å². The number of methoxy groups -OCH3 is 2. The van der Waals surface area contributed by atoms with E-state index in [1.54, 1.807) is 27.3 Å². The summed E-state index contributed by atoms with van der Waals surface area (Å²) in [5.41, 5.74) is 1.93. The predicted octanol–water partition coefficient (Wildman–Crippen LogP) is 4.72. The van der Waals surface area contributed by atoms with Crippen LogP contribution in [0.1, 0.15) is 11.1 Å². The molecular formula is C24H25NO5S2. The van der Waals surface area contributed by atoms with E-state index in [9.17, 15) is 4.79 Å². The van der Waals surface area contributed by atoms with Crippen LogP contribution in [0.15, 0.2) is 54.0 Å². The third-order valence-electron chi connectivity index (χ3n) is 4.68. The molecule has 1 aliphatic rings. The second-order valence-electron chi connectivity index (χ2n) is 6.83. The van der Waals surface area contributed by atoms with E-state index in [4.69, 9.17) is 31.2 Å². The molecule has 3 rings (SSSR count). The lowest BCUT2D eigenvalue weighted by Gasteiger charge is -2.14. The summed E-state index contributed by atoms with van der Waals surface area (Å²) < 4.78 is 23.1. The molecule has 6 nitrogen and oxygen atoms in total. The van der Waals surface area contributed by atoms with Gasteiger partial charge in [-0.1, -0.05) is 42.2 Å². The van der Waals surface area contributed by atoms with E-state index in [2.05, 4.69) is 6.58 Å². The Bertz CT molecular complexity index is 1050. The molecule has 1 saturated heterocycles. The number of carbonyl (C=O) groups is 1. The molecule has 0 saturated carbocycles. The topological polar surface area (TPSA) is 57.2 Å². The molecule has 1 heterocycles. The molecule has 32 heavy (non-hydrogen) atoms. The van der Waals surface area contributed by atoms with Gasteiger partial charge in [-0.3, -0.25) is 9.69 Å². The minimum Gasteiger partial charge on any atom is -0.493 e. The van der Waals surface area contributed by atoms with Gasteiger partial charge in [0.05, 0.1) is 19.1 Å². The molecule has 0 aliphatic carbocycles. The molecule has 0 bridgehead atoms. The monoisotopic (exact) mass is 471 g/mol. The van der Waals surface area contributed by atoms with Crippen molar-refractivity contribution in [2.24, 2.45) is 0 Å². The number of thiocarbonyl (C=S) groups is 1. The van der Waals surface area contributed by atoms with Gasteiger partial charge in [-0.15, -0.1) is 6.58 Å². The first kappa shape index (κ1) is 23.7. The van der Waals surface area contributed by atoms with Gasteiger partial charge in [0.25, 0.3) is 5.91 Å². The van der Waals surface area contributed by atoms with Gasteiger partial charge in [-0.25, -0.2) is 0 Å². The van der Waals surface area contributed by atoms with E-state index in [0.29, 0.717) is 45.4 Å². The van der Waals surface area contributed by atoms with E-state index >= 15 is 0 Å². The van der Waals surface area contributed by atoms with Crippen LogP contribution < -0.4 is 18.9 Å². The third kappa shape index (κ3) is 5.63. The Hall–Kier alpha value is -2.97. The minimum absolute atomic E-state index is 0.107. The maximum absolute atomic E-state index is 12.2. The molecule has 0 radical (unpaired) electrons. The van der Waals surface area contributed by atoms with Crippen LogP contribution in [0.3, 0.4) is 0 Å². The molecule has 0 spiro atoms. The molecule has 0 aromatic heterocycles. The summed E-state index contributed by atoms with van der Waals surface area (Å²) in [6.07, 6.45) is 4.40. The molecule has 2 aromatic carbocycles. The number of thioether (sulfide) groups is 1. The number of nitrogens with zero attached hydrogens (tertiary/aromatic N) is 1. The maximum Gasteiger partial charge on any atom is 0.265 e. The molecule has 1 amide bonds. The highest BCUT2D eigenvalue weighted by Crippen LogP contribution is 2.34. The first-order valence-electron chi connectivity index (χ1n) is 9.89. The zero-order valence-electron chi connectivity index (χ0n) is 18.3. The first-order chi connectivity index (χ1) is 15.5. The fourth-order valence-electron chi connectivity index (χ4n) is 3.02. The maximum atomic E-state index is 12.2. The van der Waals surface area contributed by atoms with E-state index in [-0.39, 0.29) is 5.91 Å². The standard InChI is InChI=1S/C24H25NO5S2/c1-5-6-16-7-9-18(20(13-16)27-3)29-11-12-30-19-10-8-17(14-21(19)28-4)15-22-23(26)25(2)24(31)32-22/h5,7-10,13-15H,1,6,11-12H2,2-4H3/b22-15-. The largest absolute Gasteiger partial charge is 0.493 e. The van der Waals surface area contributed by atoms with Gasteiger partial charge >= 0.3 is 0 Å². The van der Waals surface area contributed by atoms with Crippen LogP contribution in [-0.4, -0.2) is 49.6 Å². The van der Waals surface area contributed by atoms with Crippen LogP contribution in [-0.2, 0) is 11.2 Å². The van der Waals surface area contributed by atoms with Crippen LogP contribution in [0.25, 0.3) is 6.08 Å². The Kier molecular flexibility index (Phi) is 8.19. The number of hydrogen-bond donors (Lipinski definition) is 0. The minimum atomic E-state index is -0.107. The van der Waals surface area contributed by atoms with Crippen LogP contribution in [0, 0.1) is 0 Å². The molecule has 8 heteroatoms. The number of benzene rings is 2. The van der Waals surface area contributed by atoms with Crippen molar-refractivity contribution in [3.63, 3.8) is 0 Å². The van der Waals surface area contributed by atoms with Crippen molar-refractivity contribution in [2.75, 3.05) is 34.5 Å². The fourth-order valence-corrected chi connectivity index (χ4v) is 4.20. The number of likely N-dealkylation sites (N-methyl/N-ethyl adjacent to an activating group) is 1. The van der Waals surface area contributed by atoms with Gasteiger partial charge in [-0.05, 0) is 47.9 Å². The molecule has 0 N–H and O–H groups in total. The molecule has 1 fully saturated rings. The van der Waals surface area contributed by atoms with Gasteiger partial charge in [0, 0.05) is 7.05 Å². The Morgan fingerprint density at radius 3 is 2.19 bits per heavy atom. The van der Waals surface area contributed by atoms with Gasteiger partial charge in [-0.2, -0.15) is 0 Å². The highest BCUT2D eigenvalue weighted by atomic mass is 32.2. The van der Waals surface area contributed by atoms with Crippen LogP contribution in [0.5, 0.6) is 23.0 Å². The predicted molar refractivity (Wildman–Crippen MR) is 132 cm³/mol. The fraction of sp³-hybridized carbons (Fsp3) is 0.250. The van der Waals surface area contributed by atoms with E-state index < -0.39 is 0 Å². The molecule has 168 valence electrons. The van der Waals surface area contributed by atoms with Crippen LogP contribution >= 0.6 is 24.0 Å². The Morgan fingerprint density at radius 2 is 1.62 bits per heavy atom. The van der Waals surface area contributed by atoms with Gasteiger partial charge < -0.3 is 18.9 Å². The highest BCUT2D eigenvalue weighted by Gasteiger charge is 2.28. The van der Waals surface area contributed by atoms with Gasteiger partial charge in [0.2, 0.25) is 0 Å². The van der Waals surface area contributed by atoms with Crippen LogP contribution in [0.2, 0.25) is 0 Å². The lowest BCUT2D eigenvalue weighted by atomic mass is 10.1. The second-order valence-corrected chi connectivity index (χ2v) is 8.50. The Labute approximate surface area is 197 Å². The van der Waals surface area contributed by atoms with Crippen molar-refractivity contribution in [3.05, 3.63) is 65.1 Å². The number of rotatable bonds is 10. The Morgan fingerprint density at radius 1 is 1.00 bits per heavy atom. The normalized spacial score (nSPS) is 14.6. The molecule has 0 unspecified atom stereocenters. The summed E-state index contributed by atoms with van der Waals surface area (Å²) in [6.45, 7) is 4.41. The Balaban J connectivity index is 1.61. The van der Waals surface area contributed by atoms with Gasteiger partial charge in [0.15, 0.2) is 23.0 Å². The zero-order chi connectivity index (χ0) is 23.1. The van der Waals surface area contributed by atoms with E-state index in [1.165, 1.54) is 16.7 Å². The summed E-state index contributed by atoms with van der Waals surface area (Å²) in [5, 5.41) is 0. The van der Waals surface area contributed by atoms with Crippen molar-refractivity contribution in [2.45, 2.75) is 6.42 Å². The van der Waals surface area contributed by atoms with Crippen molar-refractivity contribution in [1.82, 2.24) is 4.90 Å². The van der Waals surface area contributed by atoms with Crippen molar-refractivity contribution in [3.8, 4) is 23.0 Å². The summed E-state index contributed by atoms with van der Waals surface area (Å²) >= 11 is 6.45. The van der Waals surface area contributed by atoms with Crippen molar-refractivity contribution < 1.29 is 23.7 Å². The number of ether oxygens (including phenoxy) is 4. The summed E-state index contributed by atoms with van der Waals surface area (Å²) in [4.78, 5) is 14.2. The molecule has 2 aromatic rings. The number of hydrogen-bond acceptors (Lipinski definition) is 7. The lowest BCUT2D eigenvalue weighted by molar-refractivity contribution is -0.121. The van der Waals surface area contributed by atoms with E-state index in [1.807, 2.05) is 42.5 Å². The van der Waals surface area contributed by atoms with Crippen molar-refractivity contribution in [1.29, 1.82) is 0 Å². The average Bonchev–Trinajstić information content (AvgIpc) is 3.04. The lowest BCUT2D eigenvalue weighted by Crippen LogP contribution is -2.22. The zero-order valence-corrected chi connectivity index (χ0v) is 19.9. The first-order valence-corrected chi connectivity index (χ1v) is 11.1. The van der Waals surface area contributed by atoms with E-state index in [0.717, 1.165) is 17.5 Å². The second kappa shape index (κ2) is 11.1. The quantitative estimate of drug-likeness (QED) is 0.215. The molecule has 0 atom stereocenters. The number of carbonyl (C=O) groups excluding carboxylic acids is 1. The van der Waals surface area contributed by atoms with Gasteiger partial charge in [0.1, 0.15) is 17.5 Å². The smallest absolute Gasteiger partial charge is 0.265 e. The summed E-state index contributed by atoms with van der Waals surface area (Å²) in [7, 11) is 4.86. The molecular weight excluding hydrogens is 446 g/mol. The molecule has 1 aliphatic heterocycles. The highest BCUT2D eigenvalue weighted by molar-refractivity contribution is 8.26. The number of allylic oxidation sites excluding steroid dienone is 1. The van der Waals surface area contributed by atoms with Crippen molar-refractivity contribution >= 4 is 40.3 Å². The SMILES string of the molecule is C=CCc1ccc(OCCOc2ccc(/C=C3\SC(=S)N(C)C3=O)cc2OC)c(OC)c1. The summed E-state index contributed by atoms with van der Waals surface area (Å²) in [6, 6.07) is 11.3.